The Hall–Kier alpha value is -1.19. The highest BCUT2D eigenvalue weighted by molar-refractivity contribution is 5.38. The zero-order valence-corrected chi connectivity index (χ0v) is 9.37. The van der Waals surface area contributed by atoms with Crippen molar-refractivity contribution in [1.29, 1.82) is 0 Å². The SMILES string of the molecule is CC(N(C)c1cc(F)ncn1)C1(C)CC1. The van der Waals surface area contributed by atoms with Gasteiger partial charge in [0.05, 0.1) is 0 Å². The van der Waals surface area contributed by atoms with Crippen molar-refractivity contribution in [1.82, 2.24) is 9.97 Å². The van der Waals surface area contributed by atoms with Crippen molar-refractivity contribution in [3.05, 3.63) is 18.3 Å². The molecule has 1 aliphatic carbocycles. The first-order chi connectivity index (χ1) is 7.03. The van der Waals surface area contributed by atoms with Crippen molar-refractivity contribution < 1.29 is 4.39 Å². The number of anilines is 1. The lowest BCUT2D eigenvalue weighted by molar-refractivity contribution is 0.444. The van der Waals surface area contributed by atoms with Crippen LogP contribution >= 0.6 is 0 Å². The number of aromatic nitrogens is 2. The molecule has 1 atom stereocenters. The molecule has 3 nitrogen and oxygen atoms in total. The van der Waals surface area contributed by atoms with Gasteiger partial charge in [0, 0.05) is 19.2 Å². The minimum Gasteiger partial charge on any atom is -0.356 e. The Labute approximate surface area is 89.3 Å². The van der Waals surface area contributed by atoms with Crippen molar-refractivity contribution in [3.8, 4) is 0 Å². The van der Waals surface area contributed by atoms with Gasteiger partial charge in [-0.2, -0.15) is 4.39 Å². The van der Waals surface area contributed by atoms with Gasteiger partial charge in [0.1, 0.15) is 12.1 Å². The summed E-state index contributed by atoms with van der Waals surface area (Å²) >= 11 is 0. The second-order valence-corrected chi connectivity index (χ2v) is 4.64. The van der Waals surface area contributed by atoms with Crippen LogP contribution in [-0.2, 0) is 0 Å². The number of rotatable bonds is 3. The Kier molecular flexibility index (Phi) is 2.37. The van der Waals surface area contributed by atoms with E-state index in [1.807, 2.05) is 11.9 Å². The normalized spacial score (nSPS) is 19.7. The average molecular weight is 209 g/mol. The standard InChI is InChI=1S/C11H16FN3/c1-8(11(2)4-5-11)15(3)10-6-9(12)13-7-14-10/h6-8H,4-5H2,1-3H3. The molecule has 1 aromatic heterocycles. The molecule has 0 radical (unpaired) electrons. The lowest BCUT2D eigenvalue weighted by Gasteiger charge is -2.30. The van der Waals surface area contributed by atoms with Gasteiger partial charge in [-0.3, -0.25) is 0 Å². The van der Waals surface area contributed by atoms with Gasteiger partial charge >= 0.3 is 0 Å². The molecule has 1 aliphatic rings. The van der Waals surface area contributed by atoms with E-state index in [4.69, 9.17) is 0 Å². The van der Waals surface area contributed by atoms with E-state index in [0.29, 0.717) is 17.3 Å². The Morgan fingerprint density at radius 3 is 2.67 bits per heavy atom. The lowest BCUT2D eigenvalue weighted by Crippen LogP contribution is -2.36. The molecule has 0 aromatic carbocycles. The topological polar surface area (TPSA) is 29.0 Å². The highest BCUT2D eigenvalue weighted by Crippen LogP contribution is 2.49. The zero-order chi connectivity index (χ0) is 11.1. The lowest BCUT2D eigenvalue weighted by atomic mass is 10.00. The first-order valence-corrected chi connectivity index (χ1v) is 5.23. The summed E-state index contributed by atoms with van der Waals surface area (Å²) in [5.74, 6) is 0.183. The fraction of sp³-hybridized carbons (Fsp3) is 0.636. The van der Waals surface area contributed by atoms with Crippen LogP contribution in [0.5, 0.6) is 0 Å². The Balaban J connectivity index is 2.16. The monoisotopic (exact) mass is 209 g/mol. The summed E-state index contributed by atoms with van der Waals surface area (Å²) in [6, 6.07) is 1.76. The summed E-state index contributed by atoms with van der Waals surface area (Å²) in [6.07, 6.45) is 3.75. The second kappa shape index (κ2) is 3.43. The highest BCUT2D eigenvalue weighted by atomic mass is 19.1. The molecule has 0 bridgehead atoms. The van der Waals surface area contributed by atoms with Gasteiger partial charge in [0.25, 0.3) is 0 Å². The number of hydrogen-bond acceptors (Lipinski definition) is 3. The molecule has 0 spiro atoms. The first-order valence-electron chi connectivity index (χ1n) is 5.23. The minimum atomic E-state index is -0.472. The Morgan fingerprint density at radius 2 is 2.13 bits per heavy atom. The van der Waals surface area contributed by atoms with Crippen molar-refractivity contribution in [2.24, 2.45) is 5.41 Å². The first kappa shape index (κ1) is 10.3. The van der Waals surface area contributed by atoms with Crippen LogP contribution < -0.4 is 4.90 Å². The summed E-state index contributed by atoms with van der Waals surface area (Å²) in [6.45, 7) is 4.42. The van der Waals surface area contributed by atoms with Gasteiger partial charge in [-0.05, 0) is 25.2 Å². The summed E-state index contributed by atoms with van der Waals surface area (Å²) < 4.78 is 12.9. The van der Waals surface area contributed by atoms with Crippen LogP contribution in [0.15, 0.2) is 12.4 Å². The molecule has 1 unspecified atom stereocenters. The molecule has 1 heterocycles. The largest absolute Gasteiger partial charge is 0.356 e. The van der Waals surface area contributed by atoms with E-state index in [0.717, 1.165) is 0 Å². The van der Waals surface area contributed by atoms with Crippen LogP contribution in [0.3, 0.4) is 0 Å². The van der Waals surface area contributed by atoms with E-state index in [-0.39, 0.29) is 0 Å². The third kappa shape index (κ3) is 1.94. The van der Waals surface area contributed by atoms with Crippen molar-refractivity contribution in [3.63, 3.8) is 0 Å². The number of hydrogen-bond donors (Lipinski definition) is 0. The molecule has 0 aliphatic heterocycles. The molecular weight excluding hydrogens is 193 g/mol. The van der Waals surface area contributed by atoms with Gasteiger partial charge in [0.15, 0.2) is 0 Å². The molecule has 15 heavy (non-hydrogen) atoms. The van der Waals surface area contributed by atoms with Gasteiger partial charge in [0.2, 0.25) is 5.95 Å². The number of nitrogens with zero attached hydrogens (tertiary/aromatic N) is 3. The molecule has 1 aromatic rings. The molecule has 0 amide bonds. The molecule has 2 rings (SSSR count). The maximum absolute atomic E-state index is 12.9. The van der Waals surface area contributed by atoms with E-state index in [9.17, 15) is 4.39 Å². The van der Waals surface area contributed by atoms with Crippen molar-refractivity contribution >= 4 is 5.82 Å². The number of halogens is 1. The summed E-state index contributed by atoms with van der Waals surface area (Å²) in [5, 5.41) is 0. The van der Waals surface area contributed by atoms with Crippen molar-refractivity contribution in [2.75, 3.05) is 11.9 Å². The third-order valence-electron chi connectivity index (χ3n) is 3.61. The van der Waals surface area contributed by atoms with Crippen LogP contribution in [0.2, 0.25) is 0 Å². The molecule has 4 heteroatoms. The molecule has 82 valence electrons. The summed E-state index contributed by atoms with van der Waals surface area (Å²) in [5.41, 5.74) is 0.371. The Bertz CT molecular complexity index is 363. The van der Waals surface area contributed by atoms with E-state index in [1.165, 1.54) is 25.2 Å². The van der Waals surface area contributed by atoms with E-state index in [1.54, 1.807) is 0 Å². The molecule has 1 fully saturated rings. The quantitative estimate of drug-likeness (QED) is 0.715. The molecule has 0 saturated heterocycles. The zero-order valence-electron chi connectivity index (χ0n) is 9.37. The smallest absolute Gasteiger partial charge is 0.218 e. The van der Waals surface area contributed by atoms with Crippen LogP contribution in [0, 0.1) is 11.4 Å². The van der Waals surface area contributed by atoms with Gasteiger partial charge < -0.3 is 4.90 Å². The predicted molar refractivity (Wildman–Crippen MR) is 57.2 cm³/mol. The molecular formula is C11H16FN3. The van der Waals surface area contributed by atoms with Gasteiger partial charge in [-0.1, -0.05) is 6.92 Å². The second-order valence-electron chi connectivity index (χ2n) is 4.64. The highest BCUT2D eigenvalue weighted by Gasteiger charge is 2.44. The minimum absolute atomic E-state index is 0.371. The summed E-state index contributed by atoms with van der Waals surface area (Å²) in [4.78, 5) is 9.56. The maximum atomic E-state index is 12.9. The Morgan fingerprint density at radius 1 is 1.47 bits per heavy atom. The maximum Gasteiger partial charge on any atom is 0.218 e. The molecule has 0 N–H and O–H groups in total. The average Bonchev–Trinajstić information content (AvgIpc) is 2.96. The van der Waals surface area contributed by atoms with Crippen LogP contribution in [0.4, 0.5) is 10.2 Å². The van der Waals surface area contributed by atoms with Gasteiger partial charge in [-0.15, -0.1) is 0 Å². The van der Waals surface area contributed by atoms with Crippen molar-refractivity contribution in [2.45, 2.75) is 32.7 Å². The van der Waals surface area contributed by atoms with Crippen LogP contribution in [-0.4, -0.2) is 23.1 Å². The fourth-order valence-electron chi connectivity index (χ4n) is 1.80. The fourth-order valence-corrected chi connectivity index (χ4v) is 1.80. The third-order valence-corrected chi connectivity index (χ3v) is 3.61. The van der Waals surface area contributed by atoms with E-state index >= 15 is 0 Å². The van der Waals surface area contributed by atoms with E-state index in [2.05, 4.69) is 23.8 Å². The summed E-state index contributed by atoms with van der Waals surface area (Å²) in [7, 11) is 1.95. The molecule has 1 saturated carbocycles. The van der Waals surface area contributed by atoms with Crippen LogP contribution in [0.25, 0.3) is 0 Å². The van der Waals surface area contributed by atoms with Gasteiger partial charge in [-0.25, -0.2) is 9.97 Å². The van der Waals surface area contributed by atoms with E-state index < -0.39 is 5.95 Å². The van der Waals surface area contributed by atoms with Crippen LogP contribution in [0.1, 0.15) is 26.7 Å². The predicted octanol–water partition coefficient (Wildman–Crippen LogP) is 2.24.